The molecule has 3 rings (SSSR count). The van der Waals surface area contributed by atoms with Crippen molar-refractivity contribution < 1.29 is 18.7 Å². The SMILES string of the molecule is CC(C)Oc1ccc(-c2cc3c(cc2F)[C@H](OC(N)=O)C(C)(C)C3)c(Cl)c1. The fraction of sp³-hybridized carbons (Fsp3) is 0.381. The molecule has 0 aromatic heterocycles. The van der Waals surface area contributed by atoms with Gasteiger partial charge in [-0.2, -0.15) is 0 Å². The van der Waals surface area contributed by atoms with Crippen molar-refractivity contribution in [2.45, 2.75) is 46.3 Å². The van der Waals surface area contributed by atoms with Crippen LogP contribution in [0.1, 0.15) is 44.9 Å². The van der Waals surface area contributed by atoms with Crippen LogP contribution < -0.4 is 10.5 Å². The van der Waals surface area contributed by atoms with Crippen LogP contribution in [0.25, 0.3) is 11.1 Å². The van der Waals surface area contributed by atoms with Gasteiger partial charge in [0, 0.05) is 16.5 Å². The van der Waals surface area contributed by atoms with E-state index in [9.17, 15) is 9.18 Å². The molecule has 0 saturated heterocycles. The summed E-state index contributed by atoms with van der Waals surface area (Å²) in [7, 11) is 0. The van der Waals surface area contributed by atoms with Gasteiger partial charge in [0.15, 0.2) is 0 Å². The maximum atomic E-state index is 14.9. The smallest absolute Gasteiger partial charge is 0.405 e. The van der Waals surface area contributed by atoms with Crippen LogP contribution >= 0.6 is 11.6 Å². The summed E-state index contributed by atoms with van der Waals surface area (Å²) in [5, 5.41) is 0.411. The van der Waals surface area contributed by atoms with E-state index in [1.165, 1.54) is 6.07 Å². The van der Waals surface area contributed by atoms with Gasteiger partial charge in [-0.15, -0.1) is 0 Å². The Morgan fingerprint density at radius 3 is 2.56 bits per heavy atom. The molecule has 2 aromatic rings. The Bertz CT molecular complexity index is 895. The fourth-order valence-electron chi connectivity index (χ4n) is 3.64. The van der Waals surface area contributed by atoms with E-state index in [0.717, 1.165) is 5.56 Å². The minimum absolute atomic E-state index is 0.0214. The topological polar surface area (TPSA) is 61.6 Å². The quantitative estimate of drug-likeness (QED) is 0.732. The molecule has 0 heterocycles. The maximum absolute atomic E-state index is 14.9. The number of primary amides is 1. The molecule has 0 unspecified atom stereocenters. The second-order valence-electron chi connectivity index (χ2n) is 7.82. The van der Waals surface area contributed by atoms with E-state index in [2.05, 4.69) is 0 Å². The van der Waals surface area contributed by atoms with Crippen molar-refractivity contribution in [3.05, 3.63) is 52.3 Å². The molecule has 0 bridgehead atoms. The number of amides is 1. The molecule has 27 heavy (non-hydrogen) atoms. The van der Waals surface area contributed by atoms with Gasteiger partial charge in [0.25, 0.3) is 0 Å². The summed E-state index contributed by atoms with van der Waals surface area (Å²) in [6, 6.07) is 8.41. The molecule has 0 radical (unpaired) electrons. The lowest BCUT2D eigenvalue weighted by Crippen LogP contribution is -2.25. The summed E-state index contributed by atoms with van der Waals surface area (Å²) >= 11 is 6.39. The van der Waals surface area contributed by atoms with Crippen molar-refractivity contribution in [3.8, 4) is 16.9 Å². The van der Waals surface area contributed by atoms with Crippen LogP contribution in [-0.2, 0) is 11.2 Å². The normalized spacial score (nSPS) is 17.7. The molecular formula is C21H23ClFNO3. The number of carbonyl (C=O) groups is 1. The molecule has 0 fully saturated rings. The third-order valence-corrected chi connectivity index (χ3v) is 5.02. The molecule has 1 amide bonds. The number of halogens is 2. The zero-order valence-corrected chi connectivity index (χ0v) is 16.6. The first-order chi connectivity index (χ1) is 12.6. The maximum Gasteiger partial charge on any atom is 0.405 e. The molecule has 1 aliphatic carbocycles. The highest BCUT2D eigenvalue weighted by atomic mass is 35.5. The van der Waals surface area contributed by atoms with Crippen LogP contribution in [0.5, 0.6) is 5.75 Å². The number of nitrogens with two attached hydrogens (primary N) is 1. The average molecular weight is 392 g/mol. The number of fused-ring (bicyclic) bond motifs is 1. The van der Waals surface area contributed by atoms with Crippen molar-refractivity contribution in [1.29, 1.82) is 0 Å². The molecule has 0 spiro atoms. The number of hydrogen-bond acceptors (Lipinski definition) is 3. The molecule has 0 aliphatic heterocycles. The van der Waals surface area contributed by atoms with E-state index in [1.807, 2.05) is 27.7 Å². The molecule has 2 N–H and O–H groups in total. The van der Waals surface area contributed by atoms with E-state index >= 15 is 0 Å². The molecule has 6 heteroatoms. The molecule has 0 saturated carbocycles. The highest BCUT2D eigenvalue weighted by Gasteiger charge is 2.42. The van der Waals surface area contributed by atoms with Gasteiger partial charge in [-0.25, -0.2) is 9.18 Å². The summed E-state index contributed by atoms with van der Waals surface area (Å²) in [5.74, 6) is 0.209. The van der Waals surface area contributed by atoms with Gasteiger partial charge in [-0.3, -0.25) is 0 Å². The molecule has 4 nitrogen and oxygen atoms in total. The zero-order chi connectivity index (χ0) is 19.9. The van der Waals surface area contributed by atoms with Crippen molar-refractivity contribution in [2.24, 2.45) is 11.1 Å². The van der Waals surface area contributed by atoms with Gasteiger partial charge in [0.1, 0.15) is 17.7 Å². The van der Waals surface area contributed by atoms with Crippen LogP contribution in [0.15, 0.2) is 30.3 Å². The van der Waals surface area contributed by atoms with E-state index in [4.69, 9.17) is 26.8 Å². The molecule has 1 aliphatic rings. The monoisotopic (exact) mass is 391 g/mol. The van der Waals surface area contributed by atoms with E-state index in [1.54, 1.807) is 24.3 Å². The predicted molar refractivity (Wildman–Crippen MR) is 104 cm³/mol. The van der Waals surface area contributed by atoms with Gasteiger partial charge < -0.3 is 15.2 Å². The van der Waals surface area contributed by atoms with E-state index in [0.29, 0.717) is 33.9 Å². The van der Waals surface area contributed by atoms with Crippen LogP contribution in [0.4, 0.5) is 9.18 Å². The van der Waals surface area contributed by atoms with Crippen molar-refractivity contribution in [1.82, 2.24) is 0 Å². The van der Waals surface area contributed by atoms with E-state index in [-0.39, 0.29) is 11.5 Å². The summed E-state index contributed by atoms with van der Waals surface area (Å²) in [6.45, 7) is 7.77. The number of carbonyl (C=O) groups excluding carboxylic acids is 1. The minimum Gasteiger partial charge on any atom is -0.491 e. The molecule has 2 aromatic carbocycles. The number of hydrogen-bond donors (Lipinski definition) is 1. The second kappa shape index (κ2) is 7.04. The minimum atomic E-state index is -0.866. The number of ether oxygens (including phenoxy) is 2. The van der Waals surface area contributed by atoms with Crippen molar-refractivity contribution >= 4 is 17.7 Å². The first kappa shape index (κ1) is 19.5. The second-order valence-corrected chi connectivity index (χ2v) is 8.23. The number of rotatable bonds is 4. The molecule has 1 atom stereocenters. The van der Waals surface area contributed by atoms with Crippen LogP contribution in [0, 0.1) is 11.2 Å². The third-order valence-electron chi connectivity index (χ3n) is 4.70. The van der Waals surface area contributed by atoms with Crippen LogP contribution in [-0.4, -0.2) is 12.2 Å². The standard InChI is InChI=1S/C21H23ClFNO3/c1-11(2)26-13-5-6-14(17(22)8-13)16-7-12-10-21(3,4)19(27-20(24)25)15(12)9-18(16)23/h5-9,11,19H,10H2,1-4H3,(H2,24,25)/t19-/m0/s1. The lowest BCUT2D eigenvalue weighted by atomic mass is 9.87. The Balaban J connectivity index is 2.02. The van der Waals surface area contributed by atoms with Gasteiger partial charge in [0.2, 0.25) is 0 Å². The lowest BCUT2D eigenvalue weighted by molar-refractivity contribution is 0.0391. The highest BCUT2D eigenvalue weighted by Crippen LogP contribution is 2.49. The Morgan fingerprint density at radius 1 is 1.26 bits per heavy atom. The lowest BCUT2D eigenvalue weighted by Gasteiger charge is -2.26. The average Bonchev–Trinajstić information content (AvgIpc) is 2.76. The first-order valence-corrected chi connectivity index (χ1v) is 9.21. The van der Waals surface area contributed by atoms with E-state index < -0.39 is 18.0 Å². The Hall–Kier alpha value is -2.27. The highest BCUT2D eigenvalue weighted by molar-refractivity contribution is 6.33. The molecule has 144 valence electrons. The van der Waals surface area contributed by atoms with Crippen molar-refractivity contribution in [2.75, 3.05) is 0 Å². The predicted octanol–water partition coefficient (Wildman–Crippen LogP) is 5.65. The third kappa shape index (κ3) is 3.88. The Morgan fingerprint density at radius 2 is 1.96 bits per heavy atom. The van der Waals surface area contributed by atoms with Gasteiger partial charge >= 0.3 is 6.09 Å². The fourth-order valence-corrected chi connectivity index (χ4v) is 3.91. The van der Waals surface area contributed by atoms with Gasteiger partial charge in [-0.1, -0.05) is 25.4 Å². The van der Waals surface area contributed by atoms with Gasteiger partial charge in [0.05, 0.1) is 11.1 Å². The Labute approximate surface area is 163 Å². The van der Waals surface area contributed by atoms with Crippen LogP contribution in [0.3, 0.4) is 0 Å². The Kier molecular flexibility index (Phi) is 5.08. The summed E-state index contributed by atoms with van der Waals surface area (Å²) in [4.78, 5) is 11.3. The zero-order valence-electron chi connectivity index (χ0n) is 15.8. The largest absolute Gasteiger partial charge is 0.491 e. The summed E-state index contributed by atoms with van der Waals surface area (Å²) < 4.78 is 25.8. The van der Waals surface area contributed by atoms with Crippen LogP contribution in [0.2, 0.25) is 5.02 Å². The van der Waals surface area contributed by atoms with Crippen molar-refractivity contribution in [3.63, 3.8) is 0 Å². The summed E-state index contributed by atoms with van der Waals surface area (Å²) in [6.07, 6.45) is -0.784. The van der Waals surface area contributed by atoms with Gasteiger partial charge in [-0.05, 0) is 61.7 Å². The first-order valence-electron chi connectivity index (χ1n) is 8.83. The number of benzene rings is 2. The molecular weight excluding hydrogens is 369 g/mol. The summed E-state index contributed by atoms with van der Waals surface area (Å²) in [5.41, 5.74) is 7.38.